The molecule has 1 heterocycles. The van der Waals surface area contributed by atoms with Gasteiger partial charge < -0.3 is 15.5 Å². The van der Waals surface area contributed by atoms with Gasteiger partial charge in [-0.3, -0.25) is 9.59 Å². The van der Waals surface area contributed by atoms with Gasteiger partial charge in [0.05, 0.1) is 0 Å². The molecule has 3 unspecified atom stereocenters. The highest BCUT2D eigenvalue weighted by atomic mass is 35.5. The Morgan fingerprint density at radius 2 is 1.74 bits per heavy atom. The maximum absolute atomic E-state index is 12.3. The third kappa shape index (κ3) is 5.08. The average Bonchev–Trinajstić information content (AvgIpc) is 3.07. The molecule has 0 aromatic heterocycles. The molecule has 0 radical (unpaired) electrons. The van der Waals surface area contributed by atoms with Crippen molar-refractivity contribution in [3.63, 3.8) is 0 Å². The predicted molar refractivity (Wildman–Crippen MR) is 94.4 cm³/mol. The monoisotopic (exact) mass is 345 g/mol. The van der Waals surface area contributed by atoms with Crippen molar-refractivity contribution in [2.45, 2.75) is 58.4 Å². The SMILES string of the molecule is CCCN(CCC)C(=O)CCC(=O)N1CC2CCC(N)C2C1.Cl. The fourth-order valence-electron chi connectivity index (χ4n) is 3.94. The van der Waals surface area contributed by atoms with E-state index in [-0.39, 0.29) is 30.3 Å². The Bertz CT molecular complexity index is 399. The lowest BCUT2D eigenvalue weighted by Gasteiger charge is -2.22. The number of carbonyl (C=O) groups is 2. The van der Waals surface area contributed by atoms with Crippen LogP contribution in [0.2, 0.25) is 0 Å². The fourth-order valence-corrected chi connectivity index (χ4v) is 3.94. The molecule has 0 aromatic rings. The molecule has 2 N–H and O–H groups in total. The fraction of sp³-hybridized carbons (Fsp3) is 0.882. The van der Waals surface area contributed by atoms with Crippen LogP contribution >= 0.6 is 12.4 Å². The molecule has 5 nitrogen and oxygen atoms in total. The Morgan fingerprint density at radius 3 is 2.30 bits per heavy atom. The van der Waals surface area contributed by atoms with Crippen LogP contribution in [-0.4, -0.2) is 53.8 Å². The molecule has 2 rings (SSSR count). The molecule has 1 saturated heterocycles. The zero-order valence-electron chi connectivity index (χ0n) is 14.5. The smallest absolute Gasteiger partial charge is 0.223 e. The van der Waals surface area contributed by atoms with Gasteiger partial charge in [0, 0.05) is 45.1 Å². The molecule has 3 atom stereocenters. The Balaban J connectivity index is 0.00000264. The molecular weight excluding hydrogens is 314 g/mol. The van der Waals surface area contributed by atoms with Gasteiger partial charge in [-0.25, -0.2) is 0 Å². The van der Waals surface area contributed by atoms with Crippen molar-refractivity contribution in [3.8, 4) is 0 Å². The molecule has 0 spiro atoms. The van der Waals surface area contributed by atoms with Crippen LogP contribution in [0.5, 0.6) is 0 Å². The van der Waals surface area contributed by atoms with Crippen molar-refractivity contribution < 1.29 is 9.59 Å². The minimum Gasteiger partial charge on any atom is -0.343 e. The molecule has 1 aliphatic heterocycles. The van der Waals surface area contributed by atoms with Gasteiger partial charge in [0.1, 0.15) is 0 Å². The Morgan fingerprint density at radius 1 is 1.09 bits per heavy atom. The van der Waals surface area contributed by atoms with Crippen LogP contribution in [0.1, 0.15) is 52.4 Å². The van der Waals surface area contributed by atoms with Crippen molar-refractivity contribution in [1.82, 2.24) is 9.80 Å². The van der Waals surface area contributed by atoms with Gasteiger partial charge in [-0.15, -0.1) is 12.4 Å². The summed E-state index contributed by atoms with van der Waals surface area (Å²) >= 11 is 0. The van der Waals surface area contributed by atoms with Gasteiger partial charge in [-0.2, -0.15) is 0 Å². The Kier molecular flexibility index (Phi) is 8.34. The number of halogens is 1. The number of nitrogens with two attached hydrogens (primary N) is 1. The maximum atomic E-state index is 12.3. The quantitative estimate of drug-likeness (QED) is 0.767. The van der Waals surface area contributed by atoms with Gasteiger partial charge in [0.2, 0.25) is 11.8 Å². The summed E-state index contributed by atoms with van der Waals surface area (Å²) in [5, 5.41) is 0. The zero-order valence-corrected chi connectivity index (χ0v) is 15.3. The highest BCUT2D eigenvalue weighted by Crippen LogP contribution is 2.37. The number of hydrogen-bond donors (Lipinski definition) is 1. The molecule has 2 aliphatic rings. The first-order valence-corrected chi connectivity index (χ1v) is 8.87. The predicted octanol–water partition coefficient (Wildman–Crippen LogP) is 2.03. The minimum absolute atomic E-state index is 0. The number of likely N-dealkylation sites (tertiary alicyclic amines) is 1. The van der Waals surface area contributed by atoms with E-state index in [2.05, 4.69) is 13.8 Å². The molecule has 0 bridgehead atoms. The lowest BCUT2D eigenvalue weighted by atomic mass is 9.98. The third-order valence-corrected chi connectivity index (χ3v) is 5.16. The lowest BCUT2D eigenvalue weighted by Crippen LogP contribution is -2.36. The summed E-state index contributed by atoms with van der Waals surface area (Å²) in [6.45, 7) is 7.39. The van der Waals surface area contributed by atoms with Crippen LogP contribution in [-0.2, 0) is 9.59 Å². The first kappa shape index (κ1) is 20.2. The summed E-state index contributed by atoms with van der Waals surface area (Å²) in [7, 11) is 0. The lowest BCUT2D eigenvalue weighted by molar-refractivity contribution is -0.136. The zero-order chi connectivity index (χ0) is 16.1. The normalized spacial score (nSPS) is 25.9. The maximum Gasteiger partial charge on any atom is 0.223 e. The van der Waals surface area contributed by atoms with Crippen LogP contribution < -0.4 is 5.73 Å². The second kappa shape index (κ2) is 9.48. The molecule has 1 aliphatic carbocycles. The highest BCUT2D eigenvalue weighted by molar-refractivity contribution is 5.85. The van der Waals surface area contributed by atoms with E-state index >= 15 is 0 Å². The number of rotatable bonds is 7. The van der Waals surface area contributed by atoms with Gasteiger partial charge in [-0.05, 0) is 37.5 Å². The third-order valence-electron chi connectivity index (χ3n) is 5.16. The number of carbonyl (C=O) groups excluding carboxylic acids is 2. The van der Waals surface area contributed by atoms with Crippen LogP contribution in [0.15, 0.2) is 0 Å². The second-order valence-electron chi connectivity index (χ2n) is 6.84. The summed E-state index contributed by atoms with van der Waals surface area (Å²) in [5.74, 6) is 1.32. The molecule has 6 heteroatoms. The van der Waals surface area contributed by atoms with E-state index in [0.717, 1.165) is 51.9 Å². The molecule has 23 heavy (non-hydrogen) atoms. The summed E-state index contributed by atoms with van der Waals surface area (Å²) in [6, 6.07) is 0.258. The first-order chi connectivity index (χ1) is 10.6. The molecular formula is C17H32ClN3O2. The summed E-state index contributed by atoms with van der Waals surface area (Å²) in [4.78, 5) is 28.4. The molecule has 134 valence electrons. The van der Waals surface area contributed by atoms with Gasteiger partial charge in [-0.1, -0.05) is 13.8 Å². The van der Waals surface area contributed by atoms with Gasteiger partial charge in [0.25, 0.3) is 0 Å². The van der Waals surface area contributed by atoms with E-state index in [1.54, 1.807) is 0 Å². The highest BCUT2D eigenvalue weighted by Gasteiger charge is 2.42. The van der Waals surface area contributed by atoms with Gasteiger partial charge >= 0.3 is 0 Å². The number of fused-ring (bicyclic) bond motifs is 1. The minimum atomic E-state index is 0. The number of nitrogens with zero attached hydrogens (tertiary/aromatic N) is 2. The van der Waals surface area contributed by atoms with E-state index in [9.17, 15) is 9.59 Å². The topological polar surface area (TPSA) is 66.6 Å². The summed E-state index contributed by atoms with van der Waals surface area (Å²) in [5.41, 5.74) is 6.11. The second-order valence-corrected chi connectivity index (χ2v) is 6.84. The van der Waals surface area contributed by atoms with Crippen molar-refractivity contribution >= 4 is 24.2 Å². The average molecular weight is 346 g/mol. The van der Waals surface area contributed by atoms with E-state index in [1.807, 2.05) is 9.80 Å². The molecule has 0 aromatic carbocycles. The Hall–Kier alpha value is -0.810. The van der Waals surface area contributed by atoms with E-state index < -0.39 is 0 Å². The van der Waals surface area contributed by atoms with E-state index in [1.165, 1.54) is 0 Å². The Labute approximate surface area is 146 Å². The van der Waals surface area contributed by atoms with Crippen molar-refractivity contribution in [2.75, 3.05) is 26.2 Å². The molecule has 2 fully saturated rings. The van der Waals surface area contributed by atoms with Crippen LogP contribution in [0.3, 0.4) is 0 Å². The van der Waals surface area contributed by atoms with Crippen LogP contribution in [0.4, 0.5) is 0 Å². The molecule has 2 amide bonds. The number of amides is 2. The van der Waals surface area contributed by atoms with E-state index in [0.29, 0.717) is 24.7 Å². The number of hydrogen-bond acceptors (Lipinski definition) is 3. The standard InChI is InChI=1S/C17H31N3O2.ClH/c1-3-9-19(10-4-2)16(21)7-8-17(22)20-11-13-5-6-15(18)14(13)12-20;/h13-15H,3-12,18H2,1-2H3;1H. The molecule has 1 saturated carbocycles. The largest absolute Gasteiger partial charge is 0.343 e. The van der Waals surface area contributed by atoms with Crippen molar-refractivity contribution in [2.24, 2.45) is 17.6 Å². The van der Waals surface area contributed by atoms with Crippen LogP contribution in [0.25, 0.3) is 0 Å². The van der Waals surface area contributed by atoms with Crippen molar-refractivity contribution in [3.05, 3.63) is 0 Å². The first-order valence-electron chi connectivity index (χ1n) is 8.87. The summed E-state index contributed by atoms with van der Waals surface area (Å²) in [6.07, 6.45) is 4.86. The van der Waals surface area contributed by atoms with E-state index in [4.69, 9.17) is 5.73 Å². The van der Waals surface area contributed by atoms with Crippen molar-refractivity contribution in [1.29, 1.82) is 0 Å². The summed E-state index contributed by atoms with van der Waals surface area (Å²) < 4.78 is 0. The van der Waals surface area contributed by atoms with Gasteiger partial charge in [0.15, 0.2) is 0 Å². The van der Waals surface area contributed by atoms with Crippen LogP contribution in [0, 0.1) is 11.8 Å².